The molecule has 0 aromatic carbocycles. The first-order valence-electron chi connectivity index (χ1n) is 6.71. The summed E-state index contributed by atoms with van der Waals surface area (Å²) in [6.07, 6.45) is 3.94. The van der Waals surface area contributed by atoms with Crippen LogP contribution in [0, 0.1) is 0 Å². The zero-order valence-corrected chi connectivity index (χ0v) is 13.4. The summed E-state index contributed by atoms with van der Waals surface area (Å²) in [4.78, 5) is 5.54. The van der Waals surface area contributed by atoms with Crippen molar-refractivity contribution >= 4 is 24.5 Å². The zero-order chi connectivity index (χ0) is 14.3. The Morgan fingerprint density at radius 1 is 1.21 bits per heavy atom. The Morgan fingerprint density at radius 2 is 1.79 bits per heavy atom. The molecule has 5 heteroatoms. The largest absolute Gasteiger partial charge is 0.487 e. The normalized spacial score (nSPS) is 21.7. The van der Waals surface area contributed by atoms with E-state index in [2.05, 4.69) is 46.5 Å². The van der Waals surface area contributed by atoms with Crippen molar-refractivity contribution < 1.29 is 9.31 Å². The van der Waals surface area contributed by atoms with Gasteiger partial charge in [0.25, 0.3) is 0 Å². The number of thiazole rings is 1. The molecule has 0 bridgehead atoms. The molecule has 1 aliphatic rings. The SMILES string of the molecule is CC(C)c1ncc(/C=C/B2OC(C)(C)C(C)(C)O2)s1. The third-order valence-corrected chi connectivity index (χ3v) is 4.99. The molecule has 0 N–H and O–H groups in total. The second-order valence-corrected chi connectivity index (χ2v) is 7.33. The molecule has 1 aromatic rings. The predicted octanol–water partition coefficient (Wildman–Crippen LogP) is 3.91. The highest BCUT2D eigenvalue weighted by atomic mass is 32.1. The molecule has 0 amide bonds. The molecule has 2 heterocycles. The summed E-state index contributed by atoms with van der Waals surface area (Å²) >= 11 is 1.72. The maximum atomic E-state index is 5.92. The lowest BCUT2D eigenvalue weighted by Crippen LogP contribution is -2.41. The summed E-state index contributed by atoms with van der Waals surface area (Å²) in [7, 11) is -0.283. The molecule has 3 nitrogen and oxygen atoms in total. The van der Waals surface area contributed by atoms with Crippen LogP contribution in [0.1, 0.15) is 57.3 Å². The average Bonchev–Trinajstić information content (AvgIpc) is 2.79. The van der Waals surface area contributed by atoms with Crippen LogP contribution in [0.5, 0.6) is 0 Å². The lowest BCUT2D eigenvalue weighted by molar-refractivity contribution is 0.00578. The van der Waals surface area contributed by atoms with Crippen LogP contribution in [0.2, 0.25) is 0 Å². The second kappa shape index (κ2) is 5.04. The summed E-state index contributed by atoms with van der Waals surface area (Å²) in [5.41, 5.74) is -0.558. The third-order valence-electron chi connectivity index (χ3n) is 3.72. The topological polar surface area (TPSA) is 31.4 Å². The Bertz CT molecular complexity index is 464. The van der Waals surface area contributed by atoms with E-state index in [4.69, 9.17) is 9.31 Å². The molecule has 1 aliphatic heterocycles. The van der Waals surface area contributed by atoms with Gasteiger partial charge in [-0.25, -0.2) is 4.98 Å². The van der Waals surface area contributed by atoms with Gasteiger partial charge in [0.1, 0.15) is 0 Å². The van der Waals surface area contributed by atoms with Gasteiger partial charge in [-0.05, 0) is 27.7 Å². The smallest absolute Gasteiger partial charge is 0.400 e. The minimum atomic E-state index is -0.283. The van der Waals surface area contributed by atoms with Crippen LogP contribution < -0.4 is 0 Å². The van der Waals surface area contributed by atoms with Crippen molar-refractivity contribution in [3.63, 3.8) is 0 Å². The van der Waals surface area contributed by atoms with Crippen LogP contribution in [-0.4, -0.2) is 23.3 Å². The summed E-state index contributed by atoms with van der Waals surface area (Å²) in [5, 5.41) is 1.16. The Kier molecular flexibility index (Phi) is 3.91. The van der Waals surface area contributed by atoms with Crippen molar-refractivity contribution in [3.8, 4) is 0 Å². The van der Waals surface area contributed by atoms with Crippen LogP contribution in [0.25, 0.3) is 6.08 Å². The Morgan fingerprint density at radius 3 is 2.26 bits per heavy atom. The van der Waals surface area contributed by atoms with E-state index >= 15 is 0 Å². The molecule has 0 unspecified atom stereocenters. The number of nitrogens with zero attached hydrogens (tertiary/aromatic N) is 1. The molecule has 19 heavy (non-hydrogen) atoms. The van der Waals surface area contributed by atoms with Gasteiger partial charge in [-0.2, -0.15) is 0 Å². The molecule has 0 atom stereocenters. The van der Waals surface area contributed by atoms with Gasteiger partial charge in [0, 0.05) is 17.0 Å². The highest BCUT2D eigenvalue weighted by molar-refractivity contribution is 7.12. The lowest BCUT2D eigenvalue weighted by Gasteiger charge is -2.32. The molecule has 2 rings (SSSR count). The standard InChI is InChI=1S/C14H22BNO2S/c1-10(2)12-16-9-11(19-12)7-8-15-17-13(3,4)14(5,6)18-15/h7-10H,1-6H3/b8-7+. The fourth-order valence-corrected chi connectivity index (χ4v) is 2.62. The highest BCUT2D eigenvalue weighted by Crippen LogP contribution is 2.37. The molecule has 0 aliphatic carbocycles. The Balaban J connectivity index is 2.04. The molecule has 0 saturated carbocycles. The van der Waals surface area contributed by atoms with Gasteiger partial charge in [-0.1, -0.05) is 25.9 Å². The molecule has 1 saturated heterocycles. The van der Waals surface area contributed by atoms with Gasteiger partial charge in [0.15, 0.2) is 0 Å². The van der Waals surface area contributed by atoms with Crippen molar-refractivity contribution in [1.29, 1.82) is 0 Å². The van der Waals surface area contributed by atoms with Crippen LogP contribution in [0.4, 0.5) is 0 Å². The molecular formula is C14H22BNO2S. The number of aromatic nitrogens is 1. The van der Waals surface area contributed by atoms with Crippen molar-refractivity contribution in [2.75, 3.05) is 0 Å². The highest BCUT2D eigenvalue weighted by Gasteiger charge is 2.49. The minimum Gasteiger partial charge on any atom is -0.400 e. The monoisotopic (exact) mass is 279 g/mol. The Hall–Kier alpha value is -0.645. The van der Waals surface area contributed by atoms with E-state index in [0.29, 0.717) is 5.92 Å². The molecular weight excluding hydrogens is 257 g/mol. The van der Waals surface area contributed by atoms with E-state index in [0.717, 1.165) is 9.88 Å². The number of hydrogen-bond acceptors (Lipinski definition) is 4. The minimum absolute atomic E-state index is 0.279. The second-order valence-electron chi connectivity index (χ2n) is 6.24. The third kappa shape index (κ3) is 3.10. The molecule has 0 spiro atoms. The van der Waals surface area contributed by atoms with Crippen LogP contribution in [0.15, 0.2) is 12.2 Å². The summed E-state index contributed by atoms with van der Waals surface area (Å²) in [5.74, 6) is 2.44. The molecule has 1 aromatic heterocycles. The maximum Gasteiger partial charge on any atom is 0.487 e. The maximum absolute atomic E-state index is 5.92. The van der Waals surface area contributed by atoms with E-state index in [1.165, 1.54) is 0 Å². The molecule has 0 radical (unpaired) electrons. The first kappa shape index (κ1) is 14.8. The van der Waals surface area contributed by atoms with Gasteiger partial charge < -0.3 is 9.31 Å². The summed E-state index contributed by atoms with van der Waals surface area (Å²) in [6, 6.07) is 0. The van der Waals surface area contributed by atoms with E-state index in [1.54, 1.807) is 11.3 Å². The van der Waals surface area contributed by atoms with Gasteiger partial charge in [0.2, 0.25) is 0 Å². The van der Waals surface area contributed by atoms with Gasteiger partial charge in [0.05, 0.1) is 16.2 Å². The van der Waals surface area contributed by atoms with Gasteiger partial charge >= 0.3 is 7.12 Å². The zero-order valence-electron chi connectivity index (χ0n) is 12.6. The summed E-state index contributed by atoms with van der Waals surface area (Å²) in [6.45, 7) is 12.5. The molecule has 104 valence electrons. The van der Waals surface area contributed by atoms with Crippen molar-refractivity contribution in [1.82, 2.24) is 4.98 Å². The average molecular weight is 279 g/mol. The number of hydrogen-bond donors (Lipinski definition) is 0. The lowest BCUT2D eigenvalue weighted by atomic mass is 9.90. The summed E-state index contributed by atoms with van der Waals surface area (Å²) < 4.78 is 11.8. The van der Waals surface area contributed by atoms with E-state index < -0.39 is 0 Å². The van der Waals surface area contributed by atoms with E-state index in [9.17, 15) is 0 Å². The first-order chi connectivity index (χ1) is 8.71. The molecule has 1 fully saturated rings. The van der Waals surface area contributed by atoms with Crippen LogP contribution >= 0.6 is 11.3 Å². The van der Waals surface area contributed by atoms with Crippen molar-refractivity contribution in [2.45, 2.75) is 58.7 Å². The van der Waals surface area contributed by atoms with Crippen LogP contribution in [0.3, 0.4) is 0 Å². The van der Waals surface area contributed by atoms with E-state index in [-0.39, 0.29) is 18.3 Å². The van der Waals surface area contributed by atoms with Gasteiger partial charge in [-0.15, -0.1) is 11.3 Å². The van der Waals surface area contributed by atoms with Gasteiger partial charge in [-0.3, -0.25) is 0 Å². The first-order valence-corrected chi connectivity index (χ1v) is 7.52. The fraction of sp³-hybridized carbons (Fsp3) is 0.643. The fourth-order valence-electron chi connectivity index (χ4n) is 1.79. The quantitative estimate of drug-likeness (QED) is 0.786. The van der Waals surface area contributed by atoms with E-state index in [1.807, 2.05) is 18.2 Å². The van der Waals surface area contributed by atoms with Crippen molar-refractivity contribution in [3.05, 3.63) is 22.1 Å². The number of rotatable bonds is 3. The van der Waals surface area contributed by atoms with Crippen molar-refractivity contribution in [2.24, 2.45) is 0 Å². The Labute approximate surface area is 120 Å². The van der Waals surface area contributed by atoms with Crippen LogP contribution in [-0.2, 0) is 9.31 Å². The predicted molar refractivity (Wildman–Crippen MR) is 81.3 cm³/mol.